The highest BCUT2D eigenvalue weighted by Gasteiger charge is 2.60. The largest absolute Gasteiger partial charge is 0.457 e. The molecule has 0 aliphatic carbocycles. The number of fused-ring (bicyclic) bond motifs is 1. The van der Waals surface area contributed by atoms with Crippen LogP contribution in [0.3, 0.4) is 0 Å². The summed E-state index contributed by atoms with van der Waals surface area (Å²) in [5.74, 6) is -1.99. The lowest BCUT2D eigenvalue weighted by Gasteiger charge is -2.46. The fourth-order valence-electron chi connectivity index (χ4n) is 5.45. The summed E-state index contributed by atoms with van der Waals surface area (Å²) in [6.07, 6.45) is 2.21. The normalized spacial score (nSPS) is 26.1. The average Bonchev–Trinajstić information content (AvgIpc) is 3.48. The number of ether oxygens (including phenoxy) is 2. The van der Waals surface area contributed by atoms with Crippen molar-refractivity contribution in [3.05, 3.63) is 35.9 Å². The van der Waals surface area contributed by atoms with E-state index in [1.54, 1.807) is 6.92 Å². The van der Waals surface area contributed by atoms with Crippen LogP contribution in [-0.4, -0.2) is 110 Å². The third kappa shape index (κ3) is 7.78. The highest BCUT2D eigenvalue weighted by molar-refractivity contribution is 8.03. The molecule has 14 nitrogen and oxygen atoms in total. The molecule has 3 rings (SSSR count). The number of hydrogen-bond donors (Lipinski definition) is 3. The Morgan fingerprint density at radius 1 is 1.23 bits per heavy atom. The first-order valence-corrected chi connectivity index (χ1v) is 16.4. The number of nitrogens with zero attached hydrogens (tertiary/aromatic N) is 3. The van der Waals surface area contributed by atoms with E-state index in [-0.39, 0.29) is 61.3 Å². The van der Waals surface area contributed by atoms with E-state index >= 15 is 0 Å². The molecule has 3 aliphatic heterocycles. The van der Waals surface area contributed by atoms with Crippen LogP contribution < -0.4 is 9.44 Å². The Kier molecular flexibility index (Phi) is 12.2. The topological polar surface area (TPSA) is 176 Å². The SMILES string of the molecule is C=CCOC(=O)C1=C(S[C@H]2C[C@@H](/C(CNS(=O)(=O)NCCC)=N/OC)N(C(=O)OCC=C)C2)[C@H](C)[C@@H]2[C@@H]([C@@H](C)O)C(=O)N12. The maximum atomic E-state index is 13.2. The van der Waals surface area contributed by atoms with E-state index in [1.165, 1.54) is 40.8 Å². The summed E-state index contributed by atoms with van der Waals surface area (Å²) < 4.78 is 40.3. The Bertz CT molecular complexity index is 1250. The predicted molar refractivity (Wildman–Crippen MR) is 161 cm³/mol. The van der Waals surface area contributed by atoms with Crippen LogP contribution in [0, 0.1) is 11.8 Å². The molecule has 240 valence electrons. The zero-order valence-electron chi connectivity index (χ0n) is 24.9. The molecule has 0 aromatic carbocycles. The van der Waals surface area contributed by atoms with Crippen molar-refractivity contribution in [3.8, 4) is 0 Å². The van der Waals surface area contributed by atoms with Crippen molar-refractivity contribution in [3.63, 3.8) is 0 Å². The van der Waals surface area contributed by atoms with E-state index in [0.29, 0.717) is 17.7 Å². The first-order valence-electron chi connectivity index (χ1n) is 14.0. The molecule has 0 aromatic rings. The van der Waals surface area contributed by atoms with Gasteiger partial charge in [-0.15, -0.1) is 11.8 Å². The van der Waals surface area contributed by atoms with Crippen LogP contribution in [0.15, 0.2) is 41.1 Å². The molecule has 2 saturated heterocycles. The highest BCUT2D eigenvalue weighted by atomic mass is 32.2. The second-order valence-electron chi connectivity index (χ2n) is 10.3. The van der Waals surface area contributed by atoms with Crippen molar-refractivity contribution < 1.29 is 42.2 Å². The van der Waals surface area contributed by atoms with E-state index < -0.39 is 46.4 Å². The van der Waals surface area contributed by atoms with Gasteiger partial charge in [-0.3, -0.25) is 9.69 Å². The van der Waals surface area contributed by atoms with Gasteiger partial charge in [-0.25, -0.2) is 14.3 Å². The molecule has 6 atom stereocenters. The molecule has 2 fully saturated rings. The van der Waals surface area contributed by atoms with Crippen molar-refractivity contribution >= 4 is 45.7 Å². The van der Waals surface area contributed by atoms with Crippen molar-refractivity contribution in [2.45, 2.75) is 57.1 Å². The van der Waals surface area contributed by atoms with E-state index in [0.717, 1.165) is 0 Å². The van der Waals surface area contributed by atoms with Crippen LogP contribution in [0.4, 0.5) is 4.79 Å². The minimum Gasteiger partial charge on any atom is -0.457 e. The van der Waals surface area contributed by atoms with Gasteiger partial charge in [0, 0.05) is 29.2 Å². The molecule has 0 aromatic heterocycles. The Labute approximate surface area is 256 Å². The van der Waals surface area contributed by atoms with Crippen LogP contribution in [0.5, 0.6) is 0 Å². The van der Waals surface area contributed by atoms with Gasteiger partial charge in [0.2, 0.25) is 5.91 Å². The summed E-state index contributed by atoms with van der Waals surface area (Å²) in [4.78, 5) is 47.7. The predicted octanol–water partition coefficient (Wildman–Crippen LogP) is 1.12. The third-order valence-electron chi connectivity index (χ3n) is 7.33. The summed E-state index contributed by atoms with van der Waals surface area (Å²) in [6.45, 7) is 12.5. The lowest BCUT2D eigenvalue weighted by molar-refractivity contribution is -0.164. The van der Waals surface area contributed by atoms with Crippen LogP contribution in [0.25, 0.3) is 0 Å². The number of likely N-dealkylation sites (tertiary alicyclic amines) is 1. The van der Waals surface area contributed by atoms with Crippen molar-refractivity contribution in [1.29, 1.82) is 0 Å². The lowest BCUT2D eigenvalue weighted by atomic mass is 9.79. The standard InChI is InChI=1S/C27H41N5O9S2/c1-7-10-28-43(37,38)29-14-19(30-39-6)20-13-18(15-31(20)27(36)41-12-9-3)42-24-16(4)22-21(17(5)33)25(34)32(22)23(24)26(35)40-11-8-2/h8-9,16-18,20-22,28-29,33H,2-3,7,10-15H2,1,4-6H3/b30-19+/t16-,17-,18+,20+,21-,22-/m1/s1. The molecule has 0 saturated carbocycles. The van der Waals surface area contributed by atoms with Gasteiger partial charge in [-0.1, -0.05) is 44.3 Å². The molecular formula is C27H41N5O9S2. The van der Waals surface area contributed by atoms with E-state index in [2.05, 4.69) is 27.8 Å². The van der Waals surface area contributed by atoms with Crippen LogP contribution in [-0.2, 0) is 34.1 Å². The van der Waals surface area contributed by atoms with Crippen LogP contribution >= 0.6 is 11.8 Å². The molecule has 3 heterocycles. The van der Waals surface area contributed by atoms with Gasteiger partial charge in [0.1, 0.15) is 26.0 Å². The first-order chi connectivity index (χ1) is 20.4. The number of oxime groups is 1. The molecule has 2 amide bonds. The Hall–Kier alpha value is -2.92. The van der Waals surface area contributed by atoms with Crippen molar-refractivity contribution in [2.75, 3.05) is 40.0 Å². The minimum absolute atomic E-state index is 0.0366. The molecule has 0 unspecified atom stereocenters. The summed E-state index contributed by atoms with van der Waals surface area (Å²) in [6, 6.07) is -1.12. The maximum Gasteiger partial charge on any atom is 0.410 e. The minimum atomic E-state index is -3.84. The van der Waals surface area contributed by atoms with Gasteiger partial charge in [0.05, 0.1) is 36.4 Å². The molecule has 3 aliphatic rings. The number of carbonyl (C=O) groups is 3. The smallest absolute Gasteiger partial charge is 0.410 e. The number of aliphatic hydroxyl groups excluding tert-OH is 1. The summed E-state index contributed by atoms with van der Waals surface area (Å²) >= 11 is 1.34. The van der Waals surface area contributed by atoms with E-state index in [4.69, 9.17) is 14.3 Å². The van der Waals surface area contributed by atoms with Gasteiger partial charge in [0.25, 0.3) is 10.2 Å². The number of rotatable bonds is 16. The second kappa shape index (κ2) is 15.2. The van der Waals surface area contributed by atoms with Gasteiger partial charge >= 0.3 is 12.1 Å². The number of β-lactam (4-membered cyclic amide) rings is 1. The fourth-order valence-corrected chi connectivity index (χ4v) is 7.88. The molecule has 0 bridgehead atoms. The summed E-state index contributed by atoms with van der Waals surface area (Å²) in [5.41, 5.74) is 0.367. The maximum absolute atomic E-state index is 13.2. The zero-order chi connectivity index (χ0) is 31.9. The van der Waals surface area contributed by atoms with Gasteiger partial charge in [-0.05, 0) is 19.8 Å². The van der Waals surface area contributed by atoms with E-state index in [9.17, 15) is 27.9 Å². The number of hydrogen-bond acceptors (Lipinski definition) is 11. The lowest BCUT2D eigenvalue weighted by Crippen LogP contribution is -2.63. The molecule has 16 heteroatoms. The number of nitrogens with one attached hydrogen (secondary N) is 2. The van der Waals surface area contributed by atoms with Gasteiger partial charge in [-0.2, -0.15) is 13.1 Å². The molecular weight excluding hydrogens is 602 g/mol. The van der Waals surface area contributed by atoms with Crippen molar-refractivity contribution in [1.82, 2.24) is 19.2 Å². The molecule has 0 spiro atoms. The quantitative estimate of drug-likeness (QED) is 0.0727. The zero-order valence-corrected chi connectivity index (χ0v) is 26.5. The Morgan fingerprint density at radius 2 is 1.91 bits per heavy atom. The number of carbonyl (C=O) groups excluding carboxylic acids is 3. The van der Waals surface area contributed by atoms with Crippen LogP contribution in [0.2, 0.25) is 0 Å². The third-order valence-corrected chi connectivity index (χ3v) is 9.93. The fraction of sp³-hybridized carbons (Fsp3) is 0.630. The van der Waals surface area contributed by atoms with Crippen LogP contribution in [0.1, 0.15) is 33.6 Å². The molecule has 43 heavy (non-hydrogen) atoms. The number of esters is 1. The van der Waals surface area contributed by atoms with Gasteiger partial charge in [0.15, 0.2) is 0 Å². The Balaban J connectivity index is 1.92. The Morgan fingerprint density at radius 3 is 2.51 bits per heavy atom. The summed E-state index contributed by atoms with van der Waals surface area (Å²) in [5, 5.41) is 14.0. The molecule has 3 N–H and O–H groups in total. The summed E-state index contributed by atoms with van der Waals surface area (Å²) in [7, 11) is -2.52. The number of amides is 2. The molecule has 0 radical (unpaired) electrons. The average molecular weight is 644 g/mol. The first kappa shape index (κ1) is 34.6. The number of thioether (sulfide) groups is 1. The number of aliphatic hydroxyl groups is 1. The van der Waals surface area contributed by atoms with E-state index in [1.807, 2.05) is 13.8 Å². The second-order valence-corrected chi connectivity index (χ2v) is 13.3. The highest BCUT2D eigenvalue weighted by Crippen LogP contribution is 2.52. The van der Waals surface area contributed by atoms with Crippen molar-refractivity contribution in [2.24, 2.45) is 17.0 Å². The van der Waals surface area contributed by atoms with Gasteiger partial charge < -0.3 is 24.3 Å². The monoisotopic (exact) mass is 643 g/mol.